The zero-order chi connectivity index (χ0) is 24.4. The topological polar surface area (TPSA) is 86.7 Å². The van der Waals surface area contributed by atoms with Gasteiger partial charge in [-0.05, 0) is 43.1 Å². The van der Waals surface area contributed by atoms with Crippen LogP contribution in [0.1, 0.15) is 23.2 Å². The second-order valence-electron chi connectivity index (χ2n) is 8.70. The predicted octanol–water partition coefficient (Wildman–Crippen LogP) is 3.54. The highest BCUT2D eigenvalue weighted by atomic mass is 35.5. The van der Waals surface area contributed by atoms with Crippen molar-refractivity contribution in [1.82, 2.24) is 19.2 Å². The molecule has 0 unspecified atom stereocenters. The lowest BCUT2D eigenvalue weighted by Gasteiger charge is -2.34. The molecule has 10 heteroatoms. The smallest absolute Gasteiger partial charge is 0.269 e. The van der Waals surface area contributed by atoms with Gasteiger partial charge in [0.25, 0.3) is 15.9 Å². The van der Waals surface area contributed by atoms with E-state index >= 15 is 0 Å². The van der Waals surface area contributed by atoms with E-state index < -0.39 is 15.9 Å². The summed E-state index contributed by atoms with van der Waals surface area (Å²) in [6.45, 7) is 4.46. The molecule has 1 saturated heterocycles. The molecule has 8 nitrogen and oxygen atoms in total. The third kappa shape index (κ3) is 4.89. The summed E-state index contributed by atoms with van der Waals surface area (Å²) in [5.41, 5.74) is 2.29. The summed E-state index contributed by atoms with van der Waals surface area (Å²) in [4.78, 5) is 26.2. The first kappa shape index (κ1) is 23.7. The van der Waals surface area contributed by atoms with Crippen LogP contribution in [0.4, 0.5) is 5.95 Å². The Hall–Kier alpha value is -3.01. The number of unbranched alkanes of at least 4 members (excludes halogenated alkanes) is 1. The first-order chi connectivity index (χ1) is 16.9. The average Bonchev–Trinajstić information content (AvgIpc) is 3.07. The summed E-state index contributed by atoms with van der Waals surface area (Å²) in [5.74, 6) is 0.269. The molecular formula is C25H26ClN5O3S. The summed E-state index contributed by atoms with van der Waals surface area (Å²) < 4.78 is 26.4. The molecular weight excluding hydrogens is 486 g/mol. The molecule has 1 amide bonds. The molecule has 0 radical (unpaired) electrons. The third-order valence-corrected chi connectivity index (χ3v) is 8.51. The molecule has 3 aromatic rings. The van der Waals surface area contributed by atoms with Crippen molar-refractivity contribution in [3.05, 3.63) is 71.5 Å². The quantitative estimate of drug-likeness (QED) is 0.448. The normalized spacial score (nSPS) is 17.6. The Morgan fingerprint density at radius 2 is 1.54 bits per heavy atom. The maximum Gasteiger partial charge on any atom is 0.269 e. The number of carbonyl (C=O) groups excluding carboxylic acids is 1. The molecule has 0 saturated carbocycles. The molecule has 0 N–H and O–H groups in total. The number of piperazine rings is 1. The first-order valence-corrected chi connectivity index (χ1v) is 13.5. The Labute approximate surface area is 210 Å². The van der Waals surface area contributed by atoms with Crippen LogP contribution >= 0.6 is 11.6 Å². The highest BCUT2D eigenvalue weighted by molar-refractivity contribution is 7.90. The minimum Gasteiger partial charge on any atom is -0.338 e. The largest absolute Gasteiger partial charge is 0.338 e. The van der Waals surface area contributed by atoms with E-state index in [4.69, 9.17) is 11.6 Å². The molecule has 182 valence electrons. The monoisotopic (exact) mass is 511 g/mol. The number of hydrogen-bond acceptors (Lipinski definition) is 7. The lowest BCUT2D eigenvalue weighted by molar-refractivity contribution is 0.0868. The van der Waals surface area contributed by atoms with Crippen LogP contribution in [-0.4, -0.2) is 72.8 Å². The van der Waals surface area contributed by atoms with Gasteiger partial charge in [-0.25, -0.2) is 22.7 Å². The number of nitrogens with zero attached hydrogens (tertiary/aromatic N) is 5. The fourth-order valence-electron chi connectivity index (χ4n) is 4.50. The molecule has 2 aliphatic rings. The van der Waals surface area contributed by atoms with E-state index in [2.05, 4.69) is 19.8 Å². The van der Waals surface area contributed by atoms with Crippen LogP contribution in [0.25, 0.3) is 11.1 Å². The number of sulfonamides is 1. The van der Waals surface area contributed by atoms with E-state index in [0.29, 0.717) is 11.4 Å². The highest BCUT2D eigenvalue weighted by Crippen LogP contribution is 2.32. The first-order valence-electron chi connectivity index (χ1n) is 11.6. The number of anilines is 1. The molecule has 1 aromatic heterocycles. The van der Waals surface area contributed by atoms with Gasteiger partial charge in [-0.2, -0.15) is 0 Å². The number of fused-ring (bicyclic) bond motifs is 1. The van der Waals surface area contributed by atoms with Gasteiger partial charge < -0.3 is 4.90 Å². The molecule has 5 rings (SSSR count). The Bertz CT molecular complexity index is 1310. The molecule has 1 fully saturated rings. The van der Waals surface area contributed by atoms with Crippen LogP contribution in [0.2, 0.25) is 5.02 Å². The maximum absolute atomic E-state index is 12.7. The Morgan fingerprint density at radius 1 is 0.857 bits per heavy atom. The van der Waals surface area contributed by atoms with E-state index in [-0.39, 0.29) is 17.0 Å². The van der Waals surface area contributed by atoms with Gasteiger partial charge in [-0.3, -0.25) is 9.69 Å². The Balaban J connectivity index is 1.08. The van der Waals surface area contributed by atoms with Crippen LogP contribution < -0.4 is 4.90 Å². The van der Waals surface area contributed by atoms with Crippen molar-refractivity contribution in [2.45, 2.75) is 17.7 Å². The van der Waals surface area contributed by atoms with E-state index in [9.17, 15) is 13.2 Å². The molecule has 35 heavy (non-hydrogen) atoms. The van der Waals surface area contributed by atoms with Crippen molar-refractivity contribution >= 4 is 33.5 Å². The van der Waals surface area contributed by atoms with E-state index in [0.717, 1.165) is 60.5 Å². The molecule has 0 spiro atoms. The summed E-state index contributed by atoms with van der Waals surface area (Å²) in [5, 5.41) is 0.304. The summed E-state index contributed by atoms with van der Waals surface area (Å²) >= 11 is 5.93. The summed E-state index contributed by atoms with van der Waals surface area (Å²) in [6, 6.07) is 14.4. The molecule has 3 heterocycles. The van der Waals surface area contributed by atoms with Gasteiger partial charge in [0.05, 0.1) is 5.56 Å². The van der Waals surface area contributed by atoms with Crippen LogP contribution in [-0.2, 0) is 10.0 Å². The second kappa shape index (κ2) is 9.93. The summed E-state index contributed by atoms with van der Waals surface area (Å²) in [7, 11) is -3.82. The van der Waals surface area contributed by atoms with Crippen LogP contribution in [0.15, 0.2) is 65.8 Å². The van der Waals surface area contributed by atoms with Crippen molar-refractivity contribution in [3.8, 4) is 11.1 Å². The predicted molar refractivity (Wildman–Crippen MR) is 135 cm³/mol. The second-order valence-corrected chi connectivity index (χ2v) is 11.0. The lowest BCUT2D eigenvalue weighted by Crippen LogP contribution is -2.47. The highest BCUT2D eigenvalue weighted by Gasteiger charge is 2.40. The Kier molecular flexibility index (Phi) is 6.73. The maximum atomic E-state index is 12.7. The van der Waals surface area contributed by atoms with E-state index in [1.54, 1.807) is 6.07 Å². The SMILES string of the molecule is O=C1c2ccc(Cl)cc2S(=O)(=O)N1CCCCN1CCN(c2ncc(-c3ccccc3)cn2)CC1. The van der Waals surface area contributed by atoms with Crippen molar-refractivity contribution in [1.29, 1.82) is 0 Å². The minimum atomic E-state index is -3.82. The standard InChI is InChI=1S/C25H26ClN5O3S/c26-21-8-9-22-23(16-21)35(33,34)31(24(22)32)11-5-4-10-29-12-14-30(15-13-29)25-27-17-20(18-28-25)19-6-2-1-3-7-19/h1-3,6-9,16-18H,4-5,10-15H2. The minimum absolute atomic E-state index is 0.00476. The lowest BCUT2D eigenvalue weighted by atomic mass is 10.1. The number of benzene rings is 2. The van der Waals surface area contributed by atoms with Crippen molar-refractivity contribution < 1.29 is 13.2 Å². The summed E-state index contributed by atoms with van der Waals surface area (Å²) in [6.07, 6.45) is 5.14. The van der Waals surface area contributed by atoms with Crippen LogP contribution in [0, 0.1) is 0 Å². The van der Waals surface area contributed by atoms with Gasteiger partial charge >= 0.3 is 0 Å². The average molecular weight is 512 g/mol. The third-order valence-electron chi connectivity index (χ3n) is 6.45. The molecule has 2 aliphatic heterocycles. The number of aromatic nitrogens is 2. The van der Waals surface area contributed by atoms with Gasteiger partial charge in [-0.15, -0.1) is 0 Å². The zero-order valence-electron chi connectivity index (χ0n) is 19.2. The number of rotatable bonds is 7. The fourth-order valence-corrected chi connectivity index (χ4v) is 6.37. The number of amides is 1. The number of carbonyl (C=O) groups is 1. The van der Waals surface area contributed by atoms with Crippen LogP contribution in [0.3, 0.4) is 0 Å². The van der Waals surface area contributed by atoms with Gasteiger partial charge in [0, 0.05) is 55.7 Å². The Morgan fingerprint density at radius 3 is 2.26 bits per heavy atom. The van der Waals surface area contributed by atoms with Gasteiger partial charge in [0.1, 0.15) is 4.90 Å². The van der Waals surface area contributed by atoms with Gasteiger partial charge in [0.15, 0.2) is 0 Å². The fraction of sp³-hybridized carbons (Fsp3) is 0.320. The number of hydrogen-bond donors (Lipinski definition) is 0. The van der Waals surface area contributed by atoms with Gasteiger partial charge in [-0.1, -0.05) is 41.9 Å². The van der Waals surface area contributed by atoms with E-state index in [1.165, 1.54) is 12.1 Å². The molecule has 2 aromatic carbocycles. The number of halogens is 1. The molecule has 0 bridgehead atoms. The van der Waals surface area contributed by atoms with E-state index in [1.807, 2.05) is 42.7 Å². The molecule has 0 aliphatic carbocycles. The van der Waals surface area contributed by atoms with Crippen LogP contribution in [0.5, 0.6) is 0 Å². The van der Waals surface area contributed by atoms with Crippen molar-refractivity contribution in [2.75, 3.05) is 44.2 Å². The zero-order valence-corrected chi connectivity index (χ0v) is 20.7. The van der Waals surface area contributed by atoms with Gasteiger partial charge in [0.2, 0.25) is 5.95 Å². The van der Waals surface area contributed by atoms with Crippen molar-refractivity contribution in [2.24, 2.45) is 0 Å². The molecule has 0 atom stereocenters. The van der Waals surface area contributed by atoms with Crippen molar-refractivity contribution in [3.63, 3.8) is 0 Å².